The highest BCUT2D eigenvalue weighted by Gasteiger charge is 2.49. The van der Waals surface area contributed by atoms with Crippen LogP contribution in [-0.2, 0) is 20.4 Å². The second-order valence-corrected chi connectivity index (χ2v) is 6.61. The van der Waals surface area contributed by atoms with E-state index in [1.807, 2.05) is 6.92 Å². The predicted molar refractivity (Wildman–Crippen MR) is 86.9 cm³/mol. The SMILES string of the molecule is CCOC[C@H]1C[C@]2(COCCN2C(=O)c2ccc(C(F)(F)F)cc2)CO1. The molecule has 2 heterocycles. The van der Waals surface area contributed by atoms with Crippen molar-refractivity contribution in [2.45, 2.75) is 31.2 Å². The number of nitrogens with zero attached hydrogens (tertiary/aromatic N) is 1. The summed E-state index contributed by atoms with van der Waals surface area (Å²) in [6, 6.07) is 4.32. The molecule has 0 bridgehead atoms. The van der Waals surface area contributed by atoms with Crippen LogP contribution in [0.1, 0.15) is 29.3 Å². The van der Waals surface area contributed by atoms with E-state index in [0.29, 0.717) is 46.0 Å². The summed E-state index contributed by atoms with van der Waals surface area (Å²) in [6.07, 6.45) is -3.97. The molecule has 0 N–H and O–H groups in total. The number of halogens is 3. The maximum atomic E-state index is 12.9. The number of hydrogen-bond acceptors (Lipinski definition) is 4. The van der Waals surface area contributed by atoms with E-state index in [1.165, 1.54) is 12.1 Å². The van der Waals surface area contributed by atoms with Gasteiger partial charge in [0.05, 0.1) is 43.6 Å². The third-order valence-corrected chi connectivity index (χ3v) is 4.81. The average molecular weight is 373 g/mol. The summed E-state index contributed by atoms with van der Waals surface area (Å²) in [6.45, 7) is 4.38. The number of alkyl halides is 3. The lowest BCUT2D eigenvalue weighted by molar-refractivity contribution is -0.137. The van der Waals surface area contributed by atoms with Crippen LogP contribution < -0.4 is 0 Å². The Morgan fingerprint density at radius 1 is 1.31 bits per heavy atom. The van der Waals surface area contributed by atoms with Gasteiger partial charge in [-0.25, -0.2) is 0 Å². The molecule has 0 saturated carbocycles. The van der Waals surface area contributed by atoms with E-state index in [2.05, 4.69) is 0 Å². The summed E-state index contributed by atoms with van der Waals surface area (Å²) in [5.74, 6) is -0.303. The van der Waals surface area contributed by atoms with Crippen molar-refractivity contribution < 1.29 is 32.2 Å². The van der Waals surface area contributed by atoms with Crippen LogP contribution in [-0.4, -0.2) is 62.0 Å². The van der Waals surface area contributed by atoms with Gasteiger partial charge in [-0.3, -0.25) is 4.79 Å². The molecule has 1 amide bonds. The molecule has 144 valence electrons. The summed E-state index contributed by atoms with van der Waals surface area (Å²) in [7, 11) is 0. The van der Waals surface area contributed by atoms with Crippen molar-refractivity contribution in [2.75, 3.05) is 39.6 Å². The molecular formula is C18H22F3NO4. The number of ether oxygens (including phenoxy) is 3. The molecule has 2 aliphatic rings. The quantitative estimate of drug-likeness (QED) is 0.814. The average Bonchev–Trinajstić information content (AvgIpc) is 3.02. The molecule has 2 aliphatic heterocycles. The zero-order chi connectivity index (χ0) is 18.8. The second-order valence-electron chi connectivity index (χ2n) is 6.61. The zero-order valence-corrected chi connectivity index (χ0v) is 14.6. The molecule has 0 radical (unpaired) electrons. The first-order valence-electron chi connectivity index (χ1n) is 8.62. The van der Waals surface area contributed by atoms with Crippen LogP contribution >= 0.6 is 0 Å². The lowest BCUT2D eigenvalue weighted by atomic mass is 9.92. The Morgan fingerprint density at radius 2 is 2.04 bits per heavy atom. The molecule has 3 rings (SSSR count). The Kier molecular flexibility index (Phi) is 5.55. The van der Waals surface area contributed by atoms with Gasteiger partial charge in [0, 0.05) is 25.1 Å². The zero-order valence-electron chi connectivity index (χ0n) is 14.6. The van der Waals surface area contributed by atoms with Crippen LogP contribution in [0.5, 0.6) is 0 Å². The smallest absolute Gasteiger partial charge is 0.379 e. The Morgan fingerprint density at radius 3 is 2.69 bits per heavy atom. The first-order valence-corrected chi connectivity index (χ1v) is 8.62. The maximum absolute atomic E-state index is 12.9. The summed E-state index contributed by atoms with van der Waals surface area (Å²) in [4.78, 5) is 14.6. The molecule has 5 nitrogen and oxygen atoms in total. The minimum Gasteiger partial charge on any atom is -0.379 e. The van der Waals surface area contributed by atoms with Gasteiger partial charge in [-0.1, -0.05) is 0 Å². The fourth-order valence-electron chi connectivity index (χ4n) is 3.47. The molecule has 2 atom stereocenters. The van der Waals surface area contributed by atoms with Crippen molar-refractivity contribution in [3.8, 4) is 0 Å². The van der Waals surface area contributed by atoms with Crippen molar-refractivity contribution >= 4 is 5.91 Å². The van der Waals surface area contributed by atoms with Crippen molar-refractivity contribution in [1.82, 2.24) is 4.90 Å². The summed E-state index contributed by atoms with van der Waals surface area (Å²) < 4.78 is 54.9. The van der Waals surface area contributed by atoms with Crippen molar-refractivity contribution in [3.05, 3.63) is 35.4 Å². The molecule has 0 aromatic heterocycles. The van der Waals surface area contributed by atoms with Gasteiger partial charge in [-0.05, 0) is 31.2 Å². The fourth-order valence-corrected chi connectivity index (χ4v) is 3.47. The monoisotopic (exact) mass is 373 g/mol. The number of amides is 1. The van der Waals surface area contributed by atoms with Gasteiger partial charge >= 0.3 is 6.18 Å². The first kappa shape index (κ1) is 19.1. The van der Waals surface area contributed by atoms with Crippen molar-refractivity contribution in [1.29, 1.82) is 0 Å². The molecule has 1 aromatic carbocycles. The molecule has 8 heteroatoms. The van der Waals surface area contributed by atoms with Gasteiger partial charge in [-0.15, -0.1) is 0 Å². The number of rotatable bonds is 4. The van der Waals surface area contributed by atoms with Crippen LogP contribution in [0.25, 0.3) is 0 Å². The lowest BCUT2D eigenvalue weighted by Gasteiger charge is -2.43. The van der Waals surface area contributed by atoms with Crippen LogP contribution in [0.4, 0.5) is 13.2 Å². The number of carbonyl (C=O) groups is 1. The number of benzene rings is 1. The minimum atomic E-state index is -4.42. The number of carbonyl (C=O) groups excluding carboxylic acids is 1. The fraction of sp³-hybridized carbons (Fsp3) is 0.611. The topological polar surface area (TPSA) is 48.0 Å². The van der Waals surface area contributed by atoms with Crippen molar-refractivity contribution in [2.24, 2.45) is 0 Å². The molecule has 2 saturated heterocycles. The highest BCUT2D eigenvalue weighted by atomic mass is 19.4. The van der Waals surface area contributed by atoms with Crippen LogP contribution in [0, 0.1) is 0 Å². The van der Waals surface area contributed by atoms with E-state index in [-0.39, 0.29) is 17.6 Å². The Balaban J connectivity index is 1.76. The third-order valence-electron chi connectivity index (χ3n) is 4.81. The Bertz CT molecular complexity index is 634. The second kappa shape index (κ2) is 7.54. The van der Waals surface area contributed by atoms with Gasteiger partial charge in [-0.2, -0.15) is 13.2 Å². The number of hydrogen-bond donors (Lipinski definition) is 0. The number of morpholine rings is 1. The van der Waals surface area contributed by atoms with Crippen molar-refractivity contribution in [3.63, 3.8) is 0 Å². The molecule has 26 heavy (non-hydrogen) atoms. The van der Waals surface area contributed by atoms with E-state index in [9.17, 15) is 18.0 Å². The molecule has 0 unspecified atom stereocenters. The molecule has 0 aliphatic carbocycles. The van der Waals surface area contributed by atoms with E-state index in [0.717, 1.165) is 12.1 Å². The van der Waals surface area contributed by atoms with E-state index in [4.69, 9.17) is 14.2 Å². The first-order chi connectivity index (χ1) is 12.4. The highest BCUT2D eigenvalue weighted by Crippen LogP contribution is 2.35. The van der Waals surface area contributed by atoms with E-state index < -0.39 is 17.3 Å². The lowest BCUT2D eigenvalue weighted by Crippen LogP contribution is -2.59. The Labute approximate surface area is 150 Å². The van der Waals surface area contributed by atoms with Gasteiger partial charge in [0.1, 0.15) is 0 Å². The van der Waals surface area contributed by atoms with Gasteiger partial charge in [0.2, 0.25) is 0 Å². The van der Waals surface area contributed by atoms with Gasteiger partial charge < -0.3 is 19.1 Å². The summed E-state index contributed by atoms with van der Waals surface area (Å²) in [5.41, 5.74) is -1.14. The minimum absolute atomic E-state index is 0.125. The third kappa shape index (κ3) is 3.87. The molecule has 2 fully saturated rings. The Hall–Kier alpha value is -1.64. The normalized spacial score (nSPS) is 26.5. The molecular weight excluding hydrogens is 351 g/mol. The largest absolute Gasteiger partial charge is 0.416 e. The predicted octanol–water partition coefficient (Wildman–Crippen LogP) is 2.74. The standard InChI is InChI=1S/C18H22F3NO4/c1-2-24-10-15-9-17(12-26-15)11-25-8-7-22(17)16(23)13-3-5-14(6-4-13)18(19,20)21/h3-6,15H,2,7-12H2,1H3/t15-,17+/m1/s1. The van der Waals surface area contributed by atoms with Crippen LogP contribution in [0.15, 0.2) is 24.3 Å². The summed E-state index contributed by atoms with van der Waals surface area (Å²) >= 11 is 0. The van der Waals surface area contributed by atoms with Gasteiger partial charge in [0.15, 0.2) is 0 Å². The maximum Gasteiger partial charge on any atom is 0.416 e. The summed E-state index contributed by atoms with van der Waals surface area (Å²) in [5, 5.41) is 0. The van der Waals surface area contributed by atoms with Crippen LogP contribution in [0.3, 0.4) is 0 Å². The van der Waals surface area contributed by atoms with Crippen LogP contribution in [0.2, 0.25) is 0 Å². The molecule has 1 spiro atoms. The highest BCUT2D eigenvalue weighted by molar-refractivity contribution is 5.95. The van der Waals surface area contributed by atoms with E-state index >= 15 is 0 Å². The molecule has 1 aromatic rings. The van der Waals surface area contributed by atoms with Gasteiger partial charge in [0.25, 0.3) is 5.91 Å². The van der Waals surface area contributed by atoms with E-state index in [1.54, 1.807) is 4.90 Å².